The first-order chi connectivity index (χ1) is 7.69. The molecular formula is C11H11NO3S. The van der Waals surface area contributed by atoms with Crippen molar-refractivity contribution in [3.8, 4) is 5.75 Å². The molecule has 2 rings (SSSR count). The number of rotatable bonds is 3. The van der Waals surface area contributed by atoms with E-state index in [0.717, 1.165) is 10.6 Å². The number of amides is 2. The Hall–Kier alpha value is -1.49. The van der Waals surface area contributed by atoms with Crippen molar-refractivity contribution in [3.63, 3.8) is 0 Å². The lowest BCUT2D eigenvalue weighted by Crippen LogP contribution is -2.22. The Morgan fingerprint density at radius 3 is 2.50 bits per heavy atom. The number of benzene rings is 1. The highest BCUT2D eigenvalue weighted by molar-refractivity contribution is 8.00. The average molecular weight is 237 g/mol. The Bertz CT molecular complexity index is 416. The Kier molecular flexibility index (Phi) is 3.14. The van der Waals surface area contributed by atoms with Gasteiger partial charge in [0.15, 0.2) is 0 Å². The second-order valence-corrected chi connectivity index (χ2v) is 4.67. The van der Waals surface area contributed by atoms with Gasteiger partial charge in [-0.3, -0.25) is 14.9 Å². The van der Waals surface area contributed by atoms with Gasteiger partial charge >= 0.3 is 0 Å². The zero-order valence-corrected chi connectivity index (χ0v) is 9.54. The molecule has 0 radical (unpaired) electrons. The van der Waals surface area contributed by atoms with Gasteiger partial charge in [-0.1, -0.05) is 0 Å². The lowest BCUT2D eigenvalue weighted by atomic mass is 10.3. The number of nitrogens with one attached hydrogen (secondary N) is 1. The molecule has 1 aliphatic rings. The number of hydrogen-bond donors (Lipinski definition) is 1. The van der Waals surface area contributed by atoms with Crippen LogP contribution in [0.25, 0.3) is 0 Å². The summed E-state index contributed by atoms with van der Waals surface area (Å²) in [6.07, 6.45) is 0.259. The van der Waals surface area contributed by atoms with E-state index in [1.807, 2.05) is 24.3 Å². The largest absolute Gasteiger partial charge is 0.497 e. The summed E-state index contributed by atoms with van der Waals surface area (Å²) in [5.74, 6) is 0.373. The van der Waals surface area contributed by atoms with Gasteiger partial charge in [0.2, 0.25) is 11.8 Å². The highest BCUT2D eigenvalue weighted by atomic mass is 32.2. The van der Waals surface area contributed by atoms with Gasteiger partial charge in [-0.05, 0) is 24.3 Å². The third kappa shape index (κ3) is 2.36. The van der Waals surface area contributed by atoms with Crippen molar-refractivity contribution in [1.29, 1.82) is 0 Å². The fraction of sp³-hybridized carbons (Fsp3) is 0.273. The fourth-order valence-corrected chi connectivity index (χ4v) is 2.47. The van der Waals surface area contributed by atoms with Crippen LogP contribution >= 0.6 is 11.8 Å². The molecule has 1 heterocycles. The third-order valence-electron chi connectivity index (χ3n) is 2.26. The lowest BCUT2D eigenvalue weighted by molar-refractivity contribution is -0.124. The van der Waals surface area contributed by atoms with Crippen molar-refractivity contribution in [3.05, 3.63) is 24.3 Å². The first-order valence-electron chi connectivity index (χ1n) is 4.83. The summed E-state index contributed by atoms with van der Waals surface area (Å²) in [4.78, 5) is 23.3. The van der Waals surface area contributed by atoms with E-state index in [4.69, 9.17) is 4.74 Å². The van der Waals surface area contributed by atoms with Crippen LogP contribution in [0.4, 0.5) is 0 Å². The third-order valence-corrected chi connectivity index (χ3v) is 3.47. The molecule has 84 valence electrons. The summed E-state index contributed by atoms with van der Waals surface area (Å²) >= 11 is 1.39. The average Bonchev–Trinajstić information content (AvgIpc) is 2.59. The highest BCUT2D eigenvalue weighted by Crippen LogP contribution is 2.29. The van der Waals surface area contributed by atoms with E-state index >= 15 is 0 Å². The van der Waals surface area contributed by atoms with E-state index in [1.165, 1.54) is 11.8 Å². The number of methoxy groups -OCH3 is 1. The molecule has 16 heavy (non-hydrogen) atoms. The van der Waals surface area contributed by atoms with Crippen molar-refractivity contribution in [2.45, 2.75) is 16.6 Å². The van der Waals surface area contributed by atoms with Crippen molar-refractivity contribution in [2.75, 3.05) is 7.11 Å². The Morgan fingerprint density at radius 2 is 2.00 bits per heavy atom. The topological polar surface area (TPSA) is 55.4 Å². The lowest BCUT2D eigenvalue weighted by Gasteiger charge is -2.06. The molecule has 1 atom stereocenters. The number of ether oxygens (including phenoxy) is 1. The Balaban J connectivity index is 2.03. The standard InChI is InChI=1S/C11H11NO3S/c1-15-7-2-4-8(5-3-7)16-9-6-10(13)12-11(9)14/h2-5,9H,6H2,1H3,(H,12,13,14). The summed E-state index contributed by atoms with van der Waals surface area (Å²) < 4.78 is 5.03. The number of imide groups is 1. The molecule has 0 spiro atoms. The molecule has 2 amide bonds. The molecule has 5 heteroatoms. The fourth-order valence-electron chi connectivity index (χ4n) is 1.44. The van der Waals surface area contributed by atoms with Crippen LogP contribution in [0.5, 0.6) is 5.75 Å². The highest BCUT2D eigenvalue weighted by Gasteiger charge is 2.31. The number of hydrogen-bond acceptors (Lipinski definition) is 4. The van der Waals surface area contributed by atoms with E-state index < -0.39 is 0 Å². The van der Waals surface area contributed by atoms with E-state index in [-0.39, 0.29) is 23.5 Å². The Labute approximate surface area is 97.4 Å². The summed E-state index contributed by atoms with van der Waals surface area (Å²) in [5, 5.41) is 1.98. The first kappa shape index (κ1) is 11.0. The monoisotopic (exact) mass is 237 g/mol. The normalized spacial score (nSPS) is 19.7. The molecule has 1 unspecified atom stereocenters. The molecule has 4 nitrogen and oxygen atoms in total. The van der Waals surface area contributed by atoms with Gasteiger partial charge in [-0.2, -0.15) is 0 Å². The molecule has 1 fully saturated rings. The summed E-state index contributed by atoms with van der Waals surface area (Å²) in [5.41, 5.74) is 0. The van der Waals surface area contributed by atoms with Crippen LogP contribution in [0.15, 0.2) is 29.2 Å². The summed E-state index contributed by atoms with van der Waals surface area (Å²) in [6.45, 7) is 0. The molecule has 0 aromatic heterocycles. The van der Waals surface area contributed by atoms with Crippen molar-refractivity contribution < 1.29 is 14.3 Å². The molecule has 1 aromatic carbocycles. The summed E-state index contributed by atoms with van der Waals surface area (Å²) in [7, 11) is 1.60. The second-order valence-electron chi connectivity index (χ2n) is 3.40. The number of thioether (sulfide) groups is 1. The number of carbonyl (C=O) groups excluding carboxylic acids is 2. The van der Waals surface area contributed by atoms with Gasteiger partial charge in [-0.25, -0.2) is 0 Å². The maximum Gasteiger partial charge on any atom is 0.240 e. The maximum atomic E-state index is 11.3. The van der Waals surface area contributed by atoms with Gasteiger partial charge in [0, 0.05) is 11.3 Å². The molecule has 1 aliphatic heterocycles. The molecule has 0 aliphatic carbocycles. The van der Waals surface area contributed by atoms with Crippen LogP contribution in [0.2, 0.25) is 0 Å². The van der Waals surface area contributed by atoms with Crippen molar-refractivity contribution >= 4 is 23.6 Å². The van der Waals surface area contributed by atoms with Crippen LogP contribution in [-0.2, 0) is 9.59 Å². The minimum Gasteiger partial charge on any atom is -0.497 e. The predicted octanol–water partition coefficient (Wildman–Crippen LogP) is 1.20. The van der Waals surface area contributed by atoms with Gasteiger partial charge in [0.1, 0.15) is 5.75 Å². The van der Waals surface area contributed by atoms with E-state index in [9.17, 15) is 9.59 Å². The Morgan fingerprint density at radius 1 is 1.31 bits per heavy atom. The van der Waals surface area contributed by atoms with Crippen LogP contribution in [0.3, 0.4) is 0 Å². The van der Waals surface area contributed by atoms with Gasteiger partial charge in [0.25, 0.3) is 0 Å². The molecule has 0 bridgehead atoms. The van der Waals surface area contributed by atoms with Crippen molar-refractivity contribution in [2.24, 2.45) is 0 Å². The molecule has 1 N–H and O–H groups in total. The molecule has 0 saturated carbocycles. The quantitative estimate of drug-likeness (QED) is 0.803. The van der Waals surface area contributed by atoms with Crippen LogP contribution in [0, 0.1) is 0 Å². The zero-order chi connectivity index (χ0) is 11.5. The van der Waals surface area contributed by atoms with Crippen LogP contribution in [0.1, 0.15) is 6.42 Å². The van der Waals surface area contributed by atoms with E-state index in [2.05, 4.69) is 5.32 Å². The molecule has 1 aromatic rings. The van der Waals surface area contributed by atoms with E-state index in [0.29, 0.717) is 0 Å². The predicted molar refractivity (Wildman–Crippen MR) is 60.4 cm³/mol. The van der Waals surface area contributed by atoms with Crippen molar-refractivity contribution in [1.82, 2.24) is 5.32 Å². The molecule has 1 saturated heterocycles. The smallest absolute Gasteiger partial charge is 0.240 e. The zero-order valence-electron chi connectivity index (χ0n) is 8.73. The second kappa shape index (κ2) is 4.57. The first-order valence-corrected chi connectivity index (χ1v) is 5.71. The van der Waals surface area contributed by atoms with Crippen LogP contribution < -0.4 is 10.1 Å². The van der Waals surface area contributed by atoms with Gasteiger partial charge in [-0.15, -0.1) is 11.8 Å². The number of carbonyl (C=O) groups is 2. The van der Waals surface area contributed by atoms with Crippen LogP contribution in [-0.4, -0.2) is 24.2 Å². The molecular weight excluding hydrogens is 226 g/mol. The van der Waals surface area contributed by atoms with Gasteiger partial charge in [0.05, 0.1) is 12.4 Å². The minimum atomic E-state index is -0.305. The maximum absolute atomic E-state index is 11.3. The summed E-state index contributed by atoms with van der Waals surface area (Å²) in [6, 6.07) is 7.41. The SMILES string of the molecule is COc1ccc(SC2CC(=O)NC2=O)cc1. The minimum absolute atomic E-state index is 0.198. The van der Waals surface area contributed by atoms with E-state index in [1.54, 1.807) is 7.11 Å². The van der Waals surface area contributed by atoms with Gasteiger partial charge < -0.3 is 4.74 Å².